The van der Waals surface area contributed by atoms with Crippen molar-refractivity contribution in [2.75, 3.05) is 6.61 Å². The second-order valence-electron chi connectivity index (χ2n) is 10.2. The van der Waals surface area contributed by atoms with Crippen molar-refractivity contribution in [1.82, 2.24) is 0 Å². The van der Waals surface area contributed by atoms with E-state index in [9.17, 15) is 59.7 Å². The summed E-state index contributed by atoms with van der Waals surface area (Å²) in [6.07, 6.45) is -8.58. The van der Waals surface area contributed by atoms with Crippen LogP contribution in [0, 0.1) is 5.92 Å². The van der Waals surface area contributed by atoms with E-state index in [2.05, 4.69) is 0 Å². The summed E-state index contributed by atoms with van der Waals surface area (Å²) in [5, 5.41) is 70.4. The van der Waals surface area contributed by atoms with E-state index in [-0.39, 0.29) is 5.56 Å². The molecule has 3 aliphatic heterocycles. The number of carbonyl (C=O) groups is 5. The molecule has 238 valence electrons. The number of esters is 4. The molecule has 0 spiro atoms. The lowest BCUT2D eigenvalue weighted by atomic mass is 9.82. The van der Waals surface area contributed by atoms with Gasteiger partial charge in [0.15, 0.2) is 29.1 Å². The highest BCUT2D eigenvalue weighted by atomic mass is 16.7. The van der Waals surface area contributed by atoms with Crippen LogP contribution in [0.15, 0.2) is 30.3 Å². The Balaban J connectivity index is 1.45. The van der Waals surface area contributed by atoms with Crippen LogP contribution in [0.25, 0.3) is 6.08 Å². The van der Waals surface area contributed by atoms with Crippen molar-refractivity contribution in [2.45, 2.75) is 43.0 Å². The van der Waals surface area contributed by atoms with Crippen LogP contribution in [0.5, 0.6) is 28.7 Å². The van der Waals surface area contributed by atoms with Crippen LogP contribution < -0.4 is 4.74 Å². The molecule has 0 unspecified atom stereocenters. The molecule has 0 aliphatic carbocycles. The van der Waals surface area contributed by atoms with Crippen molar-refractivity contribution in [1.29, 1.82) is 0 Å². The van der Waals surface area contributed by atoms with Gasteiger partial charge >= 0.3 is 29.8 Å². The van der Waals surface area contributed by atoms with Gasteiger partial charge in [0.05, 0.1) is 17.9 Å². The summed E-state index contributed by atoms with van der Waals surface area (Å²) < 4.78 is 26.1. The Morgan fingerprint density at radius 1 is 0.956 bits per heavy atom. The number of hydrogen-bond donors (Lipinski definition) is 7. The number of cyclic esters (lactones) is 1. The minimum atomic E-state index is -2.07. The zero-order chi connectivity index (χ0) is 32.7. The van der Waals surface area contributed by atoms with Crippen LogP contribution >= 0.6 is 0 Å². The van der Waals surface area contributed by atoms with Crippen molar-refractivity contribution in [3.63, 3.8) is 0 Å². The first kappa shape index (κ1) is 31.0. The number of rotatable bonds is 5. The second kappa shape index (κ2) is 11.9. The number of aromatic hydroxyl groups is 4. The molecule has 7 N–H and O–H groups in total. The van der Waals surface area contributed by atoms with Crippen molar-refractivity contribution in [2.24, 2.45) is 5.92 Å². The Kier molecular flexibility index (Phi) is 8.24. The minimum Gasteiger partial charge on any atom is -0.504 e. The Labute approximate surface area is 251 Å². The first-order valence-corrected chi connectivity index (χ1v) is 13.1. The maximum Gasteiger partial charge on any atom is 0.338 e. The highest BCUT2D eigenvalue weighted by Gasteiger charge is 2.53. The fourth-order valence-electron chi connectivity index (χ4n) is 5.10. The van der Waals surface area contributed by atoms with Crippen LogP contribution in [0.1, 0.15) is 33.8 Å². The molecule has 0 radical (unpaired) electrons. The second-order valence-corrected chi connectivity index (χ2v) is 10.2. The third kappa shape index (κ3) is 5.91. The fraction of sp³-hybridized carbons (Fsp3) is 0.321. The lowest BCUT2D eigenvalue weighted by Crippen LogP contribution is -2.61. The van der Waals surface area contributed by atoms with Crippen LogP contribution in [-0.2, 0) is 38.1 Å². The van der Waals surface area contributed by atoms with E-state index in [0.29, 0.717) is 0 Å². The number of carboxylic acids is 1. The van der Waals surface area contributed by atoms with E-state index in [1.807, 2.05) is 0 Å². The van der Waals surface area contributed by atoms with Gasteiger partial charge < -0.3 is 59.4 Å². The van der Waals surface area contributed by atoms with Gasteiger partial charge in [0.25, 0.3) is 0 Å². The average molecular weight is 632 g/mol. The first-order chi connectivity index (χ1) is 21.3. The summed E-state index contributed by atoms with van der Waals surface area (Å²) in [4.78, 5) is 63.6. The molecule has 17 heteroatoms. The maximum absolute atomic E-state index is 13.4. The van der Waals surface area contributed by atoms with E-state index >= 15 is 0 Å². The Hall–Kier alpha value is -5.39. The molecule has 1 saturated heterocycles. The lowest BCUT2D eigenvalue weighted by Gasteiger charge is -2.41. The number of phenolic OH excluding ortho intramolecular Hbond substituents is 4. The molecule has 2 aromatic rings. The van der Waals surface area contributed by atoms with Crippen LogP contribution in [0.4, 0.5) is 0 Å². The number of ether oxygens (including phenoxy) is 5. The van der Waals surface area contributed by atoms with Gasteiger partial charge in [0.2, 0.25) is 12.0 Å². The van der Waals surface area contributed by atoms with Gasteiger partial charge in [-0.25, -0.2) is 9.59 Å². The zero-order valence-electron chi connectivity index (χ0n) is 22.6. The normalized spacial score (nSPS) is 27.8. The Bertz CT molecular complexity index is 1610. The van der Waals surface area contributed by atoms with Gasteiger partial charge in [-0.1, -0.05) is 6.07 Å². The third-order valence-corrected chi connectivity index (χ3v) is 7.28. The predicted octanol–water partition coefficient (Wildman–Crippen LogP) is -0.612. The molecular weight excluding hydrogens is 608 g/mol. The summed E-state index contributed by atoms with van der Waals surface area (Å²) >= 11 is 0. The van der Waals surface area contributed by atoms with E-state index in [1.54, 1.807) is 0 Å². The molecule has 2 aromatic carbocycles. The molecule has 0 amide bonds. The SMILES string of the molecule is O=C(O)C[C@@H]1C(=O)O[C@H]2[C@H](O)[C@@H](O)[C@H](OC(=O)/C=C/c3ccc(O)c(O)c3)O[C@@H]2COC(=O)c2cc(O)c(O)c3c2[C@H]1C(=O)O3. The van der Waals surface area contributed by atoms with Gasteiger partial charge in [-0.3, -0.25) is 14.4 Å². The highest BCUT2D eigenvalue weighted by Crippen LogP contribution is 2.51. The van der Waals surface area contributed by atoms with E-state index in [4.69, 9.17) is 23.7 Å². The van der Waals surface area contributed by atoms with Crippen molar-refractivity contribution in [3.8, 4) is 28.7 Å². The number of hydrogen-bond acceptors (Lipinski definition) is 16. The Morgan fingerprint density at radius 2 is 1.69 bits per heavy atom. The predicted molar refractivity (Wildman–Crippen MR) is 140 cm³/mol. The molecule has 45 heavy (non-hydrogen) atoms. The molecular formula is C28H24O17. The topological polar surface area (TPSA) is 273 Å². The quantitative estimate of drug-likeness (QED) is 0.0711. The van der Waals surface area contributed by atoms with Gasteiger partial charge in [0, 0.05) is 11.6 Å². The van der Waals surface area contributed by atoms with Crippen molar-refractivity contribution in [3.05, 3.63) is 47.0 Å². The molecule has 0 aromatic heterocycles. The van der Waals surface area contributed by atoms with Crippen LogP contribution in [0.2, 0.25) is 0 Å². The molecule has 3 heterocycles. The summed E-state index contributed by atoms with van der Waals surface area (Å²) in [6, 6.07) is 4.36. The van der Waals surface area contributed by atoms with Crippen LogP contribution in [-0.4, -0.2) is 103 Å². The molecule has 17 nitrogen and oxygen atoms in total. The Morgan fingerprint density at radius 3 is 2.38 bits per heavy atom. The number of phenols is 4. The molecule has 1 fully saturated rings. The maximum atomic E-state index is 13.4. The molecule has 7 atom stereocenters. The molecule has 5 rings (SSSR count). The largest absolute Gasteiger partial charge is 0.504 e. The highest BCUT2D eigenvalue weighted by molar-refractivity contribution is 6.01. The summed E-state index contributed by atoms with van der Waals surface area (Å²) in [5.74, 6) is -13.8. The monoisotopic (exact) mass is 632 g/mol. The smallest absolute Gasteiger partial charge is 0.338 e. The third-order valence-electron chi connectivity index (χ3n) is 7.28. The fourth-order valence-corrected chi connectivity index (χ4v) is 5.10. The number of fused-ring (bicyclic) bond motifs is 1. The number of aliphatic hydroxyl groups is 2. The molecule has 3 aliphatic rings. The zero-order valence-corrected chi connectivity index (χ0v) is 22.6. The number of aliphatic carboxylic acids is 1. The van der Waals surface area contributed by atoms with Gasteiger partial charge in [-0.2, -0.15) is 0 Å². The lowest BCUT2D eigenvalue weighted by molar-refractivity contribution is -0.294. The number of benzene rings is 2. The minimum absolute atomic E-state index is 0.267. The van der Waals surface area contributed by atoms with E-state index < -0.39 is 125 Å². The first-order valence-electron chi connectivity index (χ1n) is 13.1. The summed E-state index contributed by atoms with van der Waals surface area (Å²) in [7, 11) is 0. The number of aliphatic hydroxyl groups excluding tert-OH is 2. The van der Waals surface area contributed by atoms with Crippen LogP contribution in [0.3, 0.4) is 0 Å². The average Bonchev–Trinajstić information content (AvgIpc) is 3.32. The standard InChI is InChI=1S/C28H24O17/c29-12-3-1-9(5-13(12)30)2-4-17(34)43-28-22(37)21(36)23-15(42-28)8-41-25(38)10-6-14(31)20(35)24-18(10)19(27(40)45-24)11(7-16(32)33)26(39)44-23/h1-6,11,15,19,21-23,28-31,35-37H,7-8H2,(H,32,33)/b4-2+/t11-,15+,19-,21+,22+,23+,28-/m0/s1. The van der Waals surface area contributed by atoms with Crippen molar-refractivity contribution >= 4 is 35.9 Å². The summed E-state index contributed by atoms with van der Waals surface area (Å²) in [6.45, 7) is -0.837. The van der Waals surface area contributed by atoms with E-state index in [0.717, 1.165) is 24.3 Å². The van der Waals surface area contributed by atoms with E-state index in [1.165, 1.54) is 12.1 Å². The number of carboxylic acid groups (broad SMARTS) is 1. The molecule has 0 saturated carbocycles. The van der Waals surface area contributed by atoms with Gasteiger partial charge in [-0.15, -0.1) is 0 Å². The number of carbonyl (C=O) groups excluding carboxylic acids is 4. The van der Waals surface area contributed by atoms with Crippen molar-refractivity contribution < 1.29 is 83.4 Å². The van der Waals surface area contributed by atoms with Gasteiger partial charge in [0.1, 0.15) is 30.8 Å². The summed E-state index contributed by atoms with van der Waals surface area (Å²) in [5.41, 5.74) is -0.748. The molecule has 0 bridgehead atoms. The van der Waals surface area contributed by atoms with Gasteiger partial charge in [-0.05, 0) is 29.8 Å².